The Morgan fingerprint density at radius 2 is 1.02 bits per heavy atom. The van der Waals surface area contributed by atoms with E-state index in [-0.39, 0.29) is 118 Å². The van der Waals surface area contributed by atoms with E-state index in [0.717, 1.165) is 14.2 Å². The second-order valence-electron chi connectivity index (χ2n) is 7.76. The van der Waals surface area contributed by atoms with Crippen LogP contribution in [-0.2, 0) is 82.0 Å². The summed E-state index contributed by atoms with van der Waals surface area (Å²) < 4.78 is 177. The summed E-state index contributed by atoms with van der Waals surface area (Å²) in [4.78, 5) is 0. The third-order valence-corrected chi connectivity index (χ3v) is 6.96. The van der Waals surface area contributed by atoms with Gasteiger partial charge in [0, 0.05) is 20.1 Å². The van der Waals surface area contributed by atoms with Gasteiger partial charge in [0.25, 0.3) is 0 Å². The van der Waals surface area contributed by atoms with E-state index in [1.807, 2.05) is 0 Å². The number of hydrogen-bond acceptors (Lipinski definition) is 21. The van der Waals surface area contributed by atoms with Gasteiger partial charge >= 0.3 is 118 Å². The van der Waals surface area contributed by atoms with Crippen molar-refractivity contribution in [3.8, 4) is 0 Å². The first-order valence-corrected chi connectivity index (χ1v) is 15.5. The first-order valence-electron chi connectivity index (χ1n) is 10.2. The molecule has 2 fully saturated rings. The molecule has 0 aromatic rings. The molecule has 2 unspecified atom stereocenters. The minimum Gasteiger partial charge on any atom is -0.726 e. The van der Waals surface area contributed by atoms with E-state index in [9.17, 15) is 51.9 Å². The predicted molar refractivity (Wildman–Crippen MR) is 110 cm³/mol. The maximum absolute atomic E-state index is 11.3. The van der Waals surface area contributed by atoms with E-state index in [1.54, 1.807) is 0 Å². The maximum atomic E-state index is 11.3. The average molecular weight is 747 g/mol. The van der Waals surface area contributed by atoms with Crippen LogP contribution in [0.1, 0.15) is 0 Å². The monoisotopic (exact) mass is 746 g/mol. The number of ether oxygens (including phenoxy) is 5. The second-order valence-corrected chi connectivity index (χ2v) is 11.8. The Morgan fingerprint density at radius 1 is 0.581 bits per heavy atom. The van der Waals surface area contributed by atoms with Gasteiger partial charge in [-0.15, -0.1) is 0 Å². The maximum Gasteiger partial charge on any atom is 1.00 e. The molecule has 43 heavy (non-hydrogen) atoms. The summed E-state index contributed by atoms with van der Waals surface area (Å²) in [5.41, 5.74) is 0. The number of rotatable bonds is 14. The Bertz CT molecular complexity index is 1150. The summed E-state index contributed by atoms with van der Waals surface area (Å²) in [6.45, 7) is -2.54. The Hall–Kier alpha value is 3.28. The molecule has 0 aliphatic carbocycles. The van der Waals surface area contributed by atoms with Gasteiger partial charge in [-0.1, -0.05) is 0 Å². The van der Waals surface area contributed by atoms with Crippen molar-refractivity contribution in [2.24, 2.45) is 5.92 Å². The van der Waals surface area contributed by atoms with Crippen molar-refractivity contribution < 1.29 is 211 Å². The van der Waals surface area contributed by atoms with Gasteiger partial charge in [-0.2, -0.15) is 0 Å². The van der Waals surface area contributed by atoms with Gasteiger partial charge in [0.15, 0.2) is 12.4 Å². The van der Waals surface area contributed by atoms with Crippen LogP contribution in [0.25, 0.3) is 0 Å². The molecule has 2 saturated heterocycles. The van der Waals surface area contributed by atoms with Crippen LogP contribution in [0.5, 0.6) is 0 Å². The fourth-order valence-corrected chi connectivity index (χ4v) is 5.72. The molecular formula is C14H22Na4O21S4. The summed E-state index contributed by atoms with van der Waals surface area (Å²) in [6.07, 6.45) is -13.0. The largest absolute Gasteiger partial charge is 1.00 e. The second kappa shape index (κ2) is 21.5. The smallest absolute Gasteiger partial charge is 0.726 e. The molecule has 0 bridgehead atoms. The number of methoxy groups -OCH3 is 2. The summed E-state index contributed by atoms with van der Waals surface area (Å²) in [6, 6.07) is 0. The third kappa shape index (κ3) is 18.7. The molecule has 8 atom stereocenters. The molecular weight excluding hydrogens is 724 g/mol. The third-order valence-electron chi connectivity index (χ3n) is 5.13. The van der Waals surface area contributed by atoms with Crippen LogP contribution in [0, 0.1) is 5.92 Å². The van der Waals surface area contributed by atoms with Crippen LogP contribution < -0.4 is 118 Å². The van der Waals surface area contributed by atoms with Crippen LogP contribution >= 0.6 is 0 Å². The zero-order chi connectivity index (χ0) is 29.8. The SMILES string of the molecule is CO[C@@H]1OC[C@@H](COC[C@@H]2OC[C@@H](OC)[C@@H](OS(=O)(=O)[O-])C2OS(=O)(=O)[O-])[C@@H](OS(=O)(=O)[O-])C1OS(=O)(=O)[O-].[Na+].[Na+].[Na+].[Na+]. The molecule has 0 radical (unpaired) electrons. The van der Waals surface area contributed by atoms with Crippen LogP contribution in [0.3, 0.4) is 0 Å². The predicted octanol–water partition coefficient (Wildman–Crippen LogP) is -16.6. The van der Waals surface area contributed by atoms with Gasteiger partial charge < -0.3 is 41.9 Å². The van der Waals surface area contributed by atoms with Crippen molar-refractivity contribution in [2.45, 2.75) is 42.9 Å². The standard InChI is InChI=1S/C14H26O21S4.4Na/c1-27-8-6-30-9(12(34-38(21,22)23)11(8)33-37(18,19)20)5-29-3-7-4-31-14(28-2)13(35-39(24,25)26)10(7)32-36(15,16)17;;;;/h7-14H,3-6H2,1-2H3,(H,15,16,17)(H,18,19,20)(H,21,22,23)(H,24,25,26);;;;/q;4*+1/p-4/t7-,8-,9+,10-,11-,12?,13?,14-;;;;/m1..../s1. The normalized spacial score (nSPS) is 30.1. The Kier molecular flexibility index (Phi) is 25.3. The van der Waals surface area contributed by atoms with Crippen molar-refractivity contribution in [3.63, 3.8) is 0 Å². The van der Waals surface area contributed by atoms with Gasteiger partial charge in [-0.25, -0.2) is 33.7 Å². The van der Waals surface area contributed by atoms with E-state index in [1.165, 1.54) is 0 Å². The quantitative estimate of drug-likeness (QED) is 0.0905. The molecule has 232 valence electrons. The van der Waals surface area contributed by atoms with E-state index >= 15 is 0 Å². The summed E-state index contributed by atoms with van der Waals surface area (Å²) in [7, 11) is -20.1. The minimum absolute atomic E-state index is 0. The minimum atomic E-state index is -5.56. The summed E-state index contributed by atoms with van der Waals surface area (Å²) >= 11 is 0. The van der Waals surface area contributed by atoms with Crippen molar-refractivity contribution in [3.05, 3.63) is 0 Å². The van der Waals surface area contributed by atoms with Gasteiger partial charge in [0.1, 0.15) is 30.5 Å². The van der Waals surface area contributed by atoms with Gasteiger partial charge in [-0.05, 0) is 0 Å². The zero-order valence-electron chi connectivity index (χ0n) is 23.7. The molecule has 2 rings (SSSR count). The molecule has 2 heterocycles. The van der Waals surface area contributed by atoms with Gasteiger partial charge in [0.2, 0.25) is 41.6 Å². The number of hydrogen-bond donors (Lipinski definition) is 0. The van der Waals surface area contributed by atoms with E-state index in [0.29, 0.717) is 0 Å². The van der Waals surface area contributed by atoms with Crippen LogP contribution in [0.4, 0.5) is 0 Å². The van der Waals surface area contributed by atoms with Crippen molar-refractivity contribution in [1.29, 1.82) is 0 Å². The fourth-order valence-electron chi connectivity index (χ4n) is 3.70. The molecule has 21 nitrogen and oxygen atoms in total. The zero-order valence-corrected chi connectivity index (χ0v) is 34.9. The van der Waals surface area contributed by atoms with E-state index in [2.05, 4.69) is 16.7 Å². The Morgan fingerprint density at radius 3 is 1.47 bits per heavy atom. The molecule has 0 amide bonds. The van der Waals surface area contributed by atoms with Crippen LogP contribution in [0.15, 0.2) is 0 Å². The molecule has 2 aliphatic heterocycles. The van der Waals surface area contributed by atoms with Crippen LogP contribution in [0.2, 0.25) is 0 Å². The van der Waals surface area contributed by atoms with Crippen LogP contribution in [-0.4, -0.2) is 135 Å². The Labute approximate surface area is 336 Å². The van der Waals surface area contributed by atoms with Crippen molar-refractivity contribution >= 4 is 41.6 Å². The summed E-state index contributed by atoms with van der Waals surface area (Å²) in [5.74, 6) is -1.38. The molecule has 0 spiro atoms. The topological polar surface area (TPSA) is 312 Å². The first-order chi connectivity index (χ1) is 17.7. The molecule has 29 heteroatoms. The van der Waals surface area contributed by atoms with E-state index in [4.69, 9.17) is 23.7 Å². The fraction of sp³-hybridized carbons (Fsp3) is 1.00. The summed E-state index contributed by atoms with van der Waals surface area (Å²) in [5, 5.41) is 0. The van der Waals surface area contributed by atoms with Crippen molar-refractivity contribution in [2.75, 3.05) is 40.6 Å². The average Bonchev–Trinajstić information content (AvgIpc) is 2.74. The molecule has 0 aromatic heterocycles. The van der Waals surface area contributed by atoms with Gasteiger partial charge in [-0.3, -0.25) is 16.7 Å². The molecule has 0 saturated carbocycles. The first kappa shape index (κ1) is 50.7. The molecule has 0 N–H and O–H groups in total. The van der Waals surface area contributed by atoms with Crippen molar-refractivity contribution in [1.82, 2.24) is 0 Å². The molecule has 0 aromatic carbocycles. The van der Waals surface area contributed by atoms with E-state index < -0.39 is 117 Å². The Balaban J connectivity index is -0.00000400. The molecule has 2 aliphatic rings. The van der Waals surface area contributed by atoms with Gasteiger partial charge in [0.05, 0.1) is 26.4 Å².